The van der Waals surface area contributed by atoms with Crippen LogP contribution in [0.15, 0.2) is 29.6 Å². The number of alkyl halides is 3. The van der Waals surface area contributed by atoms with E-state index in [0.29, 0.717) is 28.7 Å². The highest BCUT2D eigenvalue weighted by Gasteiger charge is 2.30. The molecule has 0 bridgehead atoms. The first-order valence-electron chi connectivity index (χ1n) is 8.96. The molecule has 0 unspecified atom stereocenters. The van der Waals surface area contributed by atoms with E-state index in [2.05, 4.69) is 4.98 Å². The van der Waals surface area contributed by atoms with Crippen molar-refractivity contribution in [3.8, 4) is 10.6 Å². The molecule has 3 rings (SSSR count). The number of carbonyl (C=O) groups excluding carboxylic acids is 1. The minimum Gasteiger partial charge on any atom is -0.342 e. The summed E-state index contributed by atoms with van der Waals surface area (Å²) >= 11 is 1.33. The fourth-order valence-corrected chi connectivity index (χ4v) is 4.12. The largest absolute Gasteiger partial charge is 0.416 e. The number of nitrogens with two attached hydrogens (primary N) is 1. The summed E-state index contributed by atoms with van der Waals surface area (Å²) in [5.41, 5.74) is 6.18. The van der Waals surface area contributed by atoms with Gasteiger partial charge in [0, 0.05) is 24.0 Å². The van der Waals surface area contributed by atoms with Crippen LogP contribution in [-0.4, -0.2) is 35.4 Å². The van der Waals surface area contributed by atoms with Gasteiger partial charge in [0.2, 0.25) is 5.91 Å². The first-order valence-corrected chi connectivity index (χ1v) is 9.84. The van der Waals surface area contributed by atoms with Crippen LogP contribution < -0.4 is 5.73 Å². The molecular formula is C19H22F3N3OS. The predicted octanol–water partition coefficient (Wildman–Crippen LogP) is 3.96. The molecule has 1 saturated heterocycles. The normalized spacial score (nSPS) is 15.9. The van der Waals surface area contributed by atoms with Gasteiger partial charge in [-0.1, -0.05) is 12.1 Å². The second kappa shape index (κ2) is 8.39. The summed E-state index contributed by atoms with van der Waals surface area (Å²) in [6.45, 7) is 2.18. The van der Waals surface area contributed by atoms with Crippen LogP contribution in [0.4, 0.5) is 13.2 Å². The number of piperidine rings is 1. The molecule has 1 aliphatic heterocycles. The predicted molar refractivity (Wildman–Crippen MR) is 99.2 cm³/mol. The number of aromatic nitrogens is 1. The lowest BCUT2D eigenvalue weighted by Crippen LogP contribution is -2.39. The average molecular weight is 397 g/mol. The second-order valence-corrected chi connectivity index (χ2v) is 7.66. The van der Waals surface area contributed by atoms with Gasteiger partial charge in [0.1, 0.15) is 5.01 Å². The van der Waals surface area contributed by atoms with E-state index < -0.39 is 11.7 Å². The van der Waals surface area contributed by atoms with E-state index in [1.165, 1.54) is 23.5 Å². The molecule has 0 atom stereocenters. The summed E-state index contributed by atoms with van der Waals surface area (Å²) in [6, 6.07) is 4.92. The van der Waals surface area contributed by atoms with Crippen LogP contribution in [0.25, 0.3) is 10.6 Å². The van der Waals surface area contributed by atoms with Crippen LogP contribution in [0.2, 0.25) is 0 Å². The summed E-state index contributed by atoms with van der Waals surface area (Å²) in [6.07, 6.45) is -1.16. The molecule has 0 aliphatic carbocycles. The number of amides is 1. The monoisotopic (exact) mass is 397 g/mol. The molecule has 2 aromatic rings. The van der Waals surface area contributed by atoms with Crippen molar-refractivity contribution in [3.63, 3.8) is 0 Å². The zero-order valence-corrected chi connectivity index (χ0v) is 15.7. The maximum atomic E-state index is 12.7. The smallest absolute Gasteiger partial charge is 0.342 e. The zero-order valence-electron chi connectivity index (χ0n) is 14.8. The van der Waals surface area contributed by atoms with Crippen molar-refractivity contribution in [2.75, 3.05) is 19.6 Å². The number of carbonyl (C=O) groups is 1. The first-order chi connectivity index (χ1) is 12.9. The molecule has 0 spiro atoms. The topological polar surface area (TPSA) is 59.2 Å². The van der Waals surface area contributed by atoms with Crippen molar-refractivity contribution in [1.29, 1.82) is 0 Å². The highest BCUT2D eigenvalue weighted by Crippen LogP contribution is 2.32. The Bertz CT molecular complexity index is 765. The highest BCUT2D eigenvalue weighted by molar-refractivity contribution is 7.13. The molecule has 0 radical (unpaired) electrons. The number of thiazole rings is 1. The van der Waals surface area contributed by atoms with Crippen molar-refractivity contribution in [1.82, 2.24) is 9.88 Å². The number of likely N-dealkylation sites (tertiary alicyclic amines) is 1. The van der Waals surface area contributed by atoms with Crippen molar-refractivity contribution in [2.24, 2.45) is 11.7 Å². The van der Waals surface area contributed by atoms with Crippen molar-refractivity contribution >= 4 is 17.2 Å². The summed E-state index contributed by atoms with van der Waals surface area (Å²) in [4.78, 5) is 18.8. The van der Waals surface area contributed by atoms with Crippen LogP contribution >= 0.6 is 11.3 Å². The van der Waals surface area contributed by atoms with E-state index in [1.54, 1.807) is 5.38 Å². The standard InChI is InChI=1S/C19H22F3N3OS/c20-19(21,22)15-3-1-14(2-4-15)18-24-16(12-27-18)11-17(26)25-9-6-13(5-8-23)7-10-25/h1-4,12-13H,5-11,23H2. The van der Waals surface area contributed by atoms with E-state index >= 15 is 0 Å². The quantitative estimate of drug-likeness (QED) is 0.831. The number of hydrogen-bond donors (Lipinski definition) is 1. The number of hydrogen-bond acceptors (Lipinski definition) is 4. The first kappa shape index (κ1) is 19.8. The van der Waals surface area contributed by atoms with Crippen molar-refractivity contribution in [3.05, 3.63) is 40.9 Å². The van der Waals surface area contributed by atoms with Gasteiger partial charge >= 0.3 is 6.18 Å². The molecule has 4 nitrogen and oxygen atoms in total. The molecule has 2 N–H and O–H groups in total. The Hall–Kier alpha value is -1.93. The molecule has 146 valence electrons. The molecule has 1 aromatic carbocycles. The Balaban J connectivity index is 1.59. The van der Waals surface area contributed by atoms with Gasteiger partial charge in [-0.25, -0.2) is 4.98 Å². The Labute approximate surface area is 160 Å². The van der Waals surface area contributed by atoms with Crippen molar-refractivity contribution in [2.45, 2.75) is 31.9 Å². The zero-order chi connectivity index (χ0) is 19.4. The second-order valence-electron chi connectivity index (χ2n) is 6.80. The molecule has 1 fully saturated rings. The SMILES string of the molecule is NCCC1CCN(C(=O)Cc2csc(-c3ccc(C(F)(F)F)cc3)n2)CC1. The van der Waals surface area contributed by atoms with Gasteiger partial charge in [-0.15, -0.1) is 11.3 Å². The maximum Gasteiger partial charge on any atom is 0.416 e. The minimum absolute atomic E-state index is 0.0467. The molecule has 2 heterocycles. The van der Waals surface area contributed by atoms with Gasteiger partial charge in [0.25, 0.3) is 0 Å². The number of nitrogens with zero attached hydrogens (tertiary/aromatic N) is 2. The summed E-state index contributed by atoms with van der Waals surface area (Å²) in [5, 5.41) is 2.42. The van der Waals surface area contributed by atoms with E-state index in [0.717, 1.165) is 44.5 Å². The van der Waals surface area contributed by atoms with Gasteiger partial charge in [0.05, 0.1) is 17.7 Å². The molecule has 1 aliphatic rings. The van der Waals surface area contributed by atoms with Gasteiger partial charge < -0.3 is 10.6 Å². The Morgan fingerprint density at radius 2 is 1.89 bits per heavy atom. The van der Waals surface area contributed by atoms with E-state index in [9.17, 15) is 18.0 Å². The Morgan fingerprint density at radius 3 is 2.48 bits per heavy atom. The summed E-state index contributed by atoms with van der Waals surface area (Å²) in [5.74, 6) is 0.648. The third-order valence-corrected chi connectivity index (χ3v) is 5.83. The third kappa shape index (κ3) is 5.07. The average Bonchev–Trinajstić information content (AvgIpc) is 3.10. The Morgan fingerprint density at radius 1 is 1.22 bits per heavy atom. The highest BCUT2D eigenvalue weighted by atomic mass is 32.1. The van der Waals surface area contributed by atoms with Gasteiger partial charge in [-0.05, 0) is 43.9 Å². The maximum absolute atomic E-state index is 12.7. The van der Waals surface area contributed by atoms with E-state index in [-0.39, 0.29) is 12.3 Å². The van der Waals surface area contributed by atoms with Crippen LogP contribution in [0.5, 0.6) is 0 Å². The lowest BCUT2D eigenvalue weighted by atomic mass is 9.93. The lowest BCUT2D eigenvalue weighted by Gasteiger charge is -2.31. The molecular weight excluding hydrogens is 375 g/mol. The number of halogens is 3. The van der Waals surface area contributed by atoms with Crippen LogP contribution in [0, 0.1) is 5.92 Å². The van der Waals surface area contributed by atoms with Gasteiger partial charge in [-0.2, -0.15) is 13.2 Å². The molecule has 8 heteroatoms. The minimum atomic E-state index is -4.35. The molecule has 1 aromatic heterocycles. The van der Waals surface area contributed by atoms with Gasteiger partial charge in [0.15, 0.2) is 0 Å². The van der Waals surface area contributed by atoms with Gasteiger partial charge in [-0.3, -0.25) is 4.79 Å². The fourth-order valence-electron chi connectivity index (χ4n) is 3.30. The number of benzene rings is 1. The van der Waals surface area contributed by atoms with E-state index in [1.807, 2.05) is 4.90 Å². The Kier molecular flexibility index (Phi) is 6.16. The van der Waals surface area contributed by atoms with Crippen LogP contribution in [-0.2, 0) is 17.4 Å². The molecule has 27 heavy (non-hydrogen) atoms. The van der Waals surface area contributed by atoms with Crippen LogP contribution in [0.1, 0.15) is 30.5 Å². The lowest BCUT2D eigenvalue weighted by molar-refractivity contribution is -0.137. The number of rotatable bonds is 5. The fraction of sp³-hybridized carbons (Fsp3) is 0.474. The van der Waals surface area contributed by atoms with Crippen LogP contribution in [0.3, 0.4) is 0 Å². The summed E-state index contributed by atoms with van der Waals surface area (Å²) in [7, 11) is 0. The van der Waals surface area contributed by atoms with E-state index in [4.69, 9.17) is 5.73 Å². The summed E-state index contributed by atoms with van der Waals surface area (Å²) < 4.78 is 38.0. The third-order valence-electron chi connectivity index (χ3n) is 4.89. The molecule has 0 saturated carbocycles. The van der Waals surface area contributed by atoms with Crippen molar-refractivity contribution < 1.29 is 18.0 Å². The molecule has 1 amide bonds.